The summed E-state index contributed by atoms with van der Waals surface area (Å²) in [7, 11) is 1.77. The highest BCUT2D eigenvalue weighted by Gasteiger charge is 2.22. The van der Waals surface area contributed by atoms with Gasteiger partial charge in [0.05, 0.1) is 11.6 Å². The van der Waals surface area contributed by atoms with Crippen molar-refractivity contribution in [3.63, 3.8) is 0 Å². The maximum atomic E-state index is 11.6. The molecule has 0 aliphatic heterocycles. The van der Waals surface area contributed by atoms with E-state index < -0.39 is 11.8 Å². The SMILES string of the molecule is Cn1nccc1C(Cc1ccc(Cl)cc1Cl)C(N)=O. The van der Waals surface area contributed by atoms with Crippen molar-refractivity contribution in [3.05, 3.63) is 51.8 Å². The number of carbonyl (C=O) groups excluding carboxylic acids is 1. The molecule has 2 aromatic rings. The number of nitrogens with two attached hydrogens (primary N) is 1. The van der Waals surface area contributed by atoms with E-state index in [4.69, 9.17) is 28.9 Å². The van der Waals surface area contributed by atoms with Gasteiger partial charge in [-0.3, -0.25) is 9.48 Å². The maximum absolute atomic E-state index is 11.6. The Bertz CT molecular complexity index is 610. The number of carbonyl (C=O) groups is 1. The van der Waals surface area contributed by atoms with Crippen molar-refractivity contribution >= 4 is 29.1 Å². The van der Waals surface area contributed by atoms with E-state index in [2.05, 4.69) is 5.10 Å². The summed E-state index contributed by atoms with van der Waals surface area (Å²) in [4.78, 5) is 11.6. The van der Waals surface area contributed by atoms with Gasteiger partial charge in [-0.05, 0) is 30.2 Å². The second-order valence-electron chi connectivity index (χ2n) is 4.27. The molecule has 0 saturated carbocycles. The minimum absolute atomic E-state index is 0.408. The first-order chi connectivity index (χ1) is 8.99. The first kappa shape index (κ1) is 13.9. The van der Waals surface area contributed by atoms with Gasteiger partial charge in [0.1, 0.15) is 0 Å². The van der Waals surface area contributed by atoms with E-state index in [9.17, 15) is 4.79 Å². The average molecular weight is 298 g/mol. The highest BCUT2D eigenvalue weighted by molar-refractivity contribution is 6.35. The van der Waals surface area contributed by atoms with E-state index in [1.807, 2.05) is 0 Å². The number of rotatable bonds is 4. The predicted molar refractivity (Wildman–Crippen MR) is 75.3 cm³/mol. The van der Waals surface area contributed by atoms with E-state index in [-0.39, 0.29) is 0 Å². The molecule has 4 nitrogen and oxygen atoms in total. The number of aromatic nitrogens is 2. The van der Waals surface area contributed by atoms with Crippen LogP contribution >= 0.6 is 23.2 Å². The van der Waals surface area contributed by atoms with Crippen LogP contribution in [-0.4, -0.2) is 15.7 Å². The Morgan fingerprint density at radius 2 is 2.16 bits per heavy atom. The van der Waals surface area contributed by atoms with E-state index in [1.54, 1.807) is 42.2 Å². The molecule has 1 heterocycles. The van der Waals surface area contributed by atoms with Crippen LogP contribution < -0.4 is 5.73 Å². The zero-order chi connectivity index (χ0) is 14.0. The molecule has 0 bridgehead atoms. The van der Waals surface area contributed by atoms with Crippen molar-refractivity contribution in [1.82, 2.24) is 9.78 Å². The molecule has 2 rings (SSSR count). The van der Waals surface area contributed by atoms with Gasteiger partial charge in [-0.15, -0.1) is 0 Å². The lowest BCUT2D eigenvalue weighted by molar-refractivity contribution is -0.119. The van der Waals surface area contributed by atoms with Gasteiger partial charge >= 0.3 is 0 Å². The fourth-order valence-electron chi connectivity index (χ4n) is 1.98. The highest BCUT2D eigenvalue weighted by atomic mass is 35.5. The molecule has 100 valence electrons. The normalized spacial score (nSPS) is 12.4. The first-order valence-electron chi connectivity index (χ1n) is 5.70. The second-order valence-corrected chi connectivity index (χ2v) is 5.12. The summed E-state index contributed by atoms with van der Waals surface area (Å²) in [5.41, 5.74) is 7.07. The Morgan fingerprint density at radius 3 is 2.68 bits per heavy atom. The third kappa shape index (κ3) is 3.08. The van der Waals surface area contributed by atoms with Gasteiger partial charge in [0.25, 0.3) is 0 Å². The summed E-state index contributed by atoms with van der Waals surface area (Å²) in [6.07, 6.45) is 2.06. The fourth-order valence-corrected chi connectivity index (χ4v) is 2.47. The second kappa shape index (κ2) is 5.63. The fraction of sp³-hybridized carbons (Fsp3) is 0.231. The molecule has 0 saturated heterocycles. The van der Waals surface area contributed by atoms with Crippen molar-refractivity contribution in [2.45, 2.75) is 12.3 Å². The van der Waals surface area contributed by atoms with Gasteiger partial charge in [-0.1, -0.05) is 29.3 Å². The number of benzene rings is 1. The van der Waals surface area contributed by atoms with E-state index in [0.717, 1.165) is 11.3 Å². The van der Waals surface area contributed by atoms with Crippen LogP contribution in [0.2, 0.25) is 10.0 Å². The van der Waals surface area contributed by atoms with Gasteiger partial charge in [0, 0.05) is 23.3 Å². The third-order valence-corrected chi connectivity index (χ3v) is 3.59. The number of hydrogen-bond acceptors (Lipinski definition) is 2. The lowest BCUT2D eigenvalue weighted by Gasteiger charge is -2.15. The zero-order valence-corrected chi connectivity index (χ0v) is 11.8. The van der Waals surface area contributed by atoms with Gasteiger partial charge in [-0.2, -0.15) is 5.10 Å². The third-order valence-electron chi connectivity index (χ3n) is 3.00. The van der Waals surface area contributed by atoms with Crippen LogP contribution in [0.15, 0.2) is 30.5 Å². The average Bonchev–Trinajstić information content (AvgIpc) is 2.74. The van der Waals surface area contributed by atoms with Gasteiger partial charge in [0.2, 0.25) is 5.91 Å². The summed E-state index contributed by atoms with van der Waals surface area (Å²) < 4.78 is 1.64. The van der Waals surface area contributed by atoms with E-state index >= 15 is 0 Å². The molecule has 2 N–H and O–H groups in total. The molecular formula is C13H13Cl2N3O. The molecule has 1 amide bonds. The van der Waals surface area contributed by atoms with E-state index in [1.165, 1.54) is 0 Å². The van der Waals surface area contributed by atoms with Crippen LogP contribution in [0.25, 0.3) is 0 Å². The summed E-state index contributed by atoms with van der Waals surface area (Å²) >= 11 is 12.0. The molecule has 0 aliphatic rings. The molecule has 19 heavy (non-hydrogen) atoms. The van der Waals surface area contributed by atoms with E-state index in [0.29, 0.717) is 16.5 Å². The topological polar surface area (TPSA) is 60.9 Å². The molecule has 1 atom stereocenters. The molecule has 6 heteroatoms. The predicted octanol–water partition coefficient (Wildman–Crippen LogP) is 2.54. The molecule has 0 radical (unpaired) electrons. The lowest BCUT2D eigenvalue weighted by Crippen LogP contribution is -2.25. The highest BCUT2D eigenvalue weighted by Crippen LogP contribution is 2.27. The van der Waals surface area contributed by atoms with Crippen LogP contribution in [-0.2, 0) is 18.3 Å². The summed E-state index contributed by atoms with van der Waals surface area (Å²) in [6, 6.07) is 6.97. The maximum Gasteiger partial charge on any atom is 0.226 e. The molecule has 1 aromatic carbocycles. The minimum Gasteiger partial charge on any atom is -0.369 e. The standard InChI is InChI=1S/C13H13Cl2N3O/c1-18-12(4-5-17-18)10(13(16)19)6-8-2-3-9(14)7-11(8)15/h2-5,7,10H,6H2,1H3,(H2,16,19). The number of hydrogen-bond donors (Lipinski definition) is 1. The summed E-state index contributed by atoms with van der Waals surface area (Å²) in [6.45, 7) is 0. The van der Waals surface area contributed by atoms with Crippen molar-refractivity contribution in [2.24, 2.45) is 12.8 Å². The van der Waals surface area contributed by atoms with Crippen LogP contribution in [0.3, 0.4) is 0 Å². The summed E-state index contributed by atoms with van der Waals surface area (Å²) in [5.74, 6) is -0.874. The number of nitrogens with zero attached hydrogens (tertiary/aromatic N) is 2. The molecule has 0 fully saturated rings. The van der Waals surface area contributed by atoms with Gasteiger partial charge in [-0.25, -0.2) is 0 Å². The van der Waals surface area contributed by atoms with Crippen molar-refractivity contribution in [1.29, 1.82) is 0 Å². The molecule has 1 aromatic heterocycles. The van der Waals surface area contributed by atoms with Crippen molar-refractivity contribution < 1.29 is 4.79 Å². The lowest BCUT2D eigenvalue weighted by atomic mass is 9.95. The Kier molecular flexibility index (Phi) is 4.12. The zero-order valence-electron chi connectivity index (χ0n) is 10.3. The van der Waals surface area contributed by atoms with Crippen LogP contribution in [0.5, 0.6) is 0 Å². The summed E-state index contributed by atoms with van der Waals surface area (Å²) in [5, 5.41) is 5.14. The molecular weight excluding hydrogens is 285 g/mol. The molecule has 1 unspecified atom stereocenters. The van der Waals surface area contributed by atoms with Crippen LogP contribution in [0.1, 0.15) is 17.2 Å². The minimum atomic E-state index is -0.467. The number of primary amides is 1. The largest absolute Gasteiger partial charge is 0.369 e. The van der Waals surface area contributed by atoms with Crippen molar-refractivity contribution in [3.8, 4) is 0 Å². The first-order valence-corrected chi connectivity index (χ1v) is 6.45. The Hall–Kier alpha value is -1.52. The molecule has 0 aliphatic carbocycles. The Morgan fingerprint density at radius 1 is 1.42 bits per heavy atom. The van der Waals surface area contributed by atoms with Crippen molar-refractivity contribution in [2.75, 3.05) is 0 Å². The monoisotopic (exact) mass is 297 g/mol. The van der Waals surface area contributed by atoms with Crippen LogP contribution in [0, 0.1) is 0 Å². The van der Waals surface area contributed by atoms with Gasteiger partial charge < -0.3 is 5.73 Å². The number of halogens is 2. The quantitative estimate of drug-likeness (QED) is 0.943. The Balaban J connectivity index is 2.32. The Labute approximate surface area is 121 Å². The smallest absolute Gasteiger partial charge is 0.226 e. The number of amides is 1. The molecule has 0 spiro atoms. The van der Waals surface area contributed by atoms with Gasteiger partial charge in [0.15, 0.2) is 0 Å². The number of aryl methyl sites for hydroxylation is 1. The van der Waals surface area contributed by atoms with Crippen LogP contribution in [0.4, 0.5) is 0 Å².